The third-order valence-electron chi connectivity index (χ3n) is 2.65. The summed E-state index contributed by atoms with van der Waals surface area (Å²) in [6, 6.07) is 8.01. The minimum Gasteiger partial charge on any atom is -0.480 e. The molecule has 20 heavy (non-hydrogen) atoms. The third kappa shape index (κ3) is 4.45. The van der Waals surface area contributed by atoms with Crippen LogP contribution in [0.3, 0.4) is 0 Å². The lowest BCUT2D eigenvalue weighted by molar-refractivity contribution is -0.152. The molecule has 1 aromatic carbocycles. The first-order valence-electron chi connectivity index (χ1n) is 6.01. The second-order valence-corrected chi connectivity index (χ2v) is 4.21. The highest BCUT2D eigenvalue weighted by molar-refractivity contribution is 6.00. The number of hydrogen-bond donors (Lipinski definition) is 3. The number of carboxylic acids is 1. The SMILES string of the molecule is NCC(=O)N(CC(=O)O)C(=O)[C@@H](N)Cc1ccccc1. The Labute approximate surface area is 116 Å². The molecule has 0 heterocycles. The van der Waals surface area contributed by atoms with E-state index in [0.717, 1.165) is 5.56 Å². The number of nitrogens with zero attached hydrogens (tertiary/aromatic N) is 1. The Morgan fingerprint density at radius 1 is 1.20 bits per heavy atom. The average Bonchev–Trinajstić information content (AvgIpc) is 2.44. The van der Waals surface area contributed by atoms with Crippen LogP contribution in [-0.4, -0.2) is 46.9 Å². The number of aliphatic carboxylic acids is 1. The molecule has 0 aliphatic rings. The van der Waals surface area contributed by atoms with Gasteiger partial charge in [-0.15, -0.1) is 0 Å². The number of benzene rings is 1. The van der Waals surface area contributed by atoms with Crippen LogP contribution in [0.5, 0.6) is 0 Å². The van der Waals surface area contributed by atoms with Crippen molar-refractivity contribution in [3.05, 3.63) is 35.9 Å². The highest BCUT2D eigenvalue weighted by Gasteiger charge is 2.27. The van der Waals surface area contributed by atoms with Gasteiger partial charge in [-0.1, -0.05) is 30.3 Å². The minimum absolute atomic E-state index is 0.216. The lowest BCUT2D eigenvalue weighted by Gasteiger charge is -2.21. The molecule has 0 radical (unpaired) electrons. The van der Waals surface area contributed by atoms with Crippen molar-refractivity contribution in [1.82, 2.24) is 4.90 Å². The summed E-state index contributed by atoms with van der Waals surface area (Å²) >= 11 is 0. The summed E-state index contributed by atoms with van der Waals surface area (Å²) in [5.74, 6) is -2.81. The van der Waals surface area contributed by atoms with Crippen molar-refractivity contribution < 1.29 is 19.5 Å². The van der Waals surface area contributed by atoms with E-state index in [4.69, 9.17) is 16.6 Å². The third-order valence-corrected chi connectivity index (χ3v) is 2.65. The fourth-order valence-corrected chi connectivity index (χ4v) is 1.69. The molecule has 1 rings (SSSR count). The van der Waals surface area contributed by atoms with E-state index in [-0.39, 0.29) is 6.42 Å². The highest BCUT2D eigenvalue weighted by Crippen LogP contribution is 2.05. The van der Waals surface area contributed by atoms with Crippen molar-refractivity contribution in [2.45, 2.75) is 12.5 Å². The van der Waals surface area contributed by atoms with Crippen LogP contribution in [0.4, 0.5) is 0 Å². The summed E-state index contributed by atoms with van der Waals surface area (Å²) in [5.41, 5.74) is 11.7. The maximum atomic E-state index is 12.0. The van der Waals surface area contributed by atoms with Gasteiger partial charge in [0.15, 0.2) is 0 Å². The van der Waals surface area contributed by atoms with Gasteiger partial charge in [0.2, 0.25) is 11.8 Å². The first-order valence-corrected chi connectivity index (χ1v) is 6.01. The molecule has 1 atom stereocenters. The fraction of sp³-hybridized carbons (Fsp3) is 0.308. The van der Waals surface area contributed by atoms with Gasteiger partial charge in [-0.3, -0.25) is 19.3 Å². The van der Waals surface area contributed by atoms with Crippen molar-refractivity contribution in [2.24, 2.45) is 11.5 Å². The first kappa shape index (κ1) is 15.8. The zero-order valence-electron chi connectivity index (χ0n) is 10.9. The van der Waals surface area contributed by atoms with E-state index in [0.29, 0.717) is 4.90 Å². The molecule has 0 aliphatic heterocycles. The van der Waals surface area contributed by atoms with Gasteiger partial charge in [-0.05, 0) is 12.0 Å². The van der Waals surface area contributed by atoms with E-state index in [1.165, 1.54) is 0 Å². The first-order chi connectivity index (χ1) is 9.45. The standard InChI is InChI=1S/C13H17N3O4/c14-7-11(17)16(8-12(18)19)13(20)10(15)6-9-4-2-1-3-5-9/h1-5,10H,6-8,14-15H2,(H,18,19)/t10-/m0/s1. The van der Waals surface area contributed by atoms with E-state index in [2.05, 4.69) is 0 Å². The zero-order chi connectivity index (χ0) is 15.1. The van der Waals surface area contributed by atoms with Gasteiger partial charge < -0.3 is 16.6 Å². The van der Waals surface area contributed by atoms with E-state index >= 15 is 0 Å². The van der Waals surface area contributed by atoms with Gasteiger partial charge >= 0.3 is 5.97 Å². The second-order valence-electron chi connectivity index (χ2n) is 4.21. The molecule has 0 aromatic heterocycles. The summed E-state index contributed by atoms with van der Waals surface area (Å²) in [6.45, 7) is -1.19. The monoisotopic (exact) mass is 279 g/mol. The lowest BCUT2D eigenvalue weighted by Crippen LogP contribution is -2.51. The van der Waals surface area contributed by atoms with Crippen LogP contribution in [0.25, 0.3) is 0 Å². The van der Waals surface area contributed by atoms with Crippen LogP contribution in [-0.2, 0) is 20.8 Å². The summed E-state index contributed by atoms with van der Waals surface area (Å²) in [4.78, 5) is 34.8. The molecular formula is C13H17N3O4. The molecule has 0 saturated carbocycles. The predicted molar refractivity (Wildman–Crippen MR) is 71.5 cm³/mol. The maximum Gasteiger partial charge on any atom is 0.323 e. The Bertz CT molecular complexity index is 490. The van der Waals surface area contributed by atoms with E-state index in [1.54, 1.807) is 24.3 Å². The summed E-state index contributed by atoms with van der Waals surface area (Å²) in [6.07, 6.45) is 0.216. The molecule has 0 unspecified atom stereocenters. The van der Waals surface area contributed by atoms with Gasteiger partial charge in [0, 0.05) is 0 Å². The van der Waals surface area contributed by atoms with Gasteiger partial charge in [-0.25, -0.2) is 0 Å². The maximum absolute atomic E-state index is 12.0. The van der Waals surface area contributed by atoms with Crippen LogP contribution in [0.2, 0.25) is 0 Å². The molecule has 0 fully saturated rings. The van der Waals surface area contributed by atoms with E-state index < -0.39 is 36.9 Å². The van der Waals surface area contributed by atoms with Crippen molar-refractivity contribution in [1.29, 1.82) is 0 Å². The molecule has 0 saturated heterocycles. The average molecular weight is 279 g/mol. The number of carbonyl (C=O) groups excluding carboxylic acids is 2. The molecule has 0 aliphatic carbocycles. The topological polar surface area (TPSA) is 127 Å². The number of carboxylic acid groups (broad SMARTS) is 1. The number of carbonyl (C=O) groups is 3. The molecule has 7 nitrogen and oxygen atoms in total. The van der Waals surface area contributed by atoms with Crippen LogP contribution >= 0.6 is 0 Å². The number of rotatable bonds is 6. The molecule has 1 aromatic rings. The number of nitrogens with two attached hydrogens (primary N) is 2. The number of amides is 2. The van der Waals surface area contributed by atoms with Crippen LogP contribution in [0, 0.1) is 0 Å². The Morgan fingerprint density at radius 2 is 1.80 bits per heavy atom. The molecule has 108 valence electrons. The van der Waals surface area contributed by atoms with Crippen LogP contribution in [0.15, 0.2) is 30.3 Å². The van der Waals surface area contributed by atoms with Crippen molar-refractivity contribution in [3.8, 4) is 0 Å². The molecule has 7 heteroatoms. The predicted octanol–water partition coefficient (Wildman–Crippen LogP) is -1.05. The largest absolute Gasteiger partial charge is 0.480 e. The normalized spacial score (nSPS) is 11.7. The molecular weight excluding hydrogens is 262 g/mol. The van der Waals surface area contributed by atoms with Crippen LogP contribution < -0.4 is 11.5 Å². The number of hydrogen-bond acceptors (Lipinski definition) is 5. The molecule has 5 N–H and O–H groups in total. The second kappa shape index (κ2) is 7.37. The van der Waals surface area contributed by atoms with E-state index in [1.807, 2.05) is 6.07 Å². The van der Waals surface area contributed by atoms with E-state index in [9.17, 15) is 14.4 Å². The molecule has 0 bridgehead atoms. The Kier molecular flexibility index (Phi) is 5.82. The quantitative estimate of drug-likeness (QED) is 0.610. The van der Waals surface area contributed by atoms with Crippen LogP contribution in [0.1, 0.15) is 5.56 Å². The van der Waals surface area contributed by atoms with Gasteiger partial charge in [0.25, 0.3) is 0 Å². The summed E-state index contributed by atoms with van der Waals surface area (Å²) in [5, 5.41) is 8.72. The Hall–Kier alpha value is -2.25. The van der Waals surface area contributed by atoms with Crippen molar-refractivity contribution in [2.75, 3.05) is 13.1 Å². The fourth-order valence-electron chi connectivity index (χ4n) is 1.69. The highest BCUT2D eigenvalue weighted by atomic mass is 16.4. The summed E-state index contributed by atoms with van der Waals surface area (Å²) in [7, 11) is 0. The van der Waals surface area contributed by atoms with Crippen molar-refractivity contribution in [3.63, 3.8) is 0 Å². The number of imide groups is 1. The Balaban J connectivity index is 2.78. The van der Waals surface area contributed by atoms with Gasteiger partial charge in [0.05, 0.1) is 12.6 Å². The Morgan fingerprint density at radius 3 is 2.30 bits per heavy atom. The molecule has 2 amide bonds. The van der Waals surface area contributed by atoms with Crippen molar-refractivity contribution >= 4 is 17.8 Å². The van der Waals surface area contributed by atoms with Gasteiger partial charge in [0.1, 0.15) is 6.54 Å². The minimum atomic E-state index is -1.30. The zero-order valence-corrected chi connectivity index (χ0v) is 10.9. The molecule has 0 spiro atoms. The van der Waals surface area contributed by atoms with Gasteiger partial charge in [-0.2, -0.15) is 0 Å². The lowest BCUT2D eigenvalue weighted by atomic mass is 10.1. The smallest absolute Gasteiger partial charge is 0.323 e. The summed E-state index contributed by atoms with van der Waals surface area (Å²) < 4.78 is 0.